The number of hydrogen-bond donors (Lipinski definition) is 2. The molecule has 3 nitrogen and oxygen atoms in total. The third kappa shape index (κ3) is 3.40. The molecule has 2 aromatic carbocycles. The number of nitrogens with zero attached hydrogens (tertiary/aromatic N) is 1. The van der Waals surface area contributed by atoms with Crippen LogP contribution in [0.4, 0.5) is 0 Å². The van der Waals surface area contributed by atoms with Crippen molar-refractivity contribution in [3.05, 3.63) is 68.3 Å². The molecule has 0 saturated carbocycles. The summed E-state index contributed by atoms with van der Waals surface area (Å²) >= 11 is 2.37. The van der Waals surface area contributed by atoms with E-state index in [1.165, 1.54) is 25.8 Å². The average Bonchev–Trinajstić information content (AvgIpc) is 3.00. The van der Waals surface area contributed by atoms with Gasteiger partial charge in [-0.15, -0.1) is 24.0 Å². The van der Waals surface area contributed by atoms with Crippen molar-refractivity contribution in [2.45, 2.75) is 6.04 Å². The van der Waals surface area contributed by atoms with E-state index < -0.39 is 0 Å². The Morgan fingerprint density at radius 3 is 2.39 bits per heavy atom. The maximum Gasteiger partial charge on any atom is 0.192 e. The third-order valence-corrected chi connectivity index (χ3v) is 4.72. The summed E-state index contributed by atoms with van der Waals surface area (Å²) in [6, 6.07) is 15.1. The first-order valence-electron chi connectivity index (χ1n) is 7.43. The Balaban J connectivity index is 0.00000156. The lowest BCUT2D eigenvalue weighted by Gasteiger charge is -2.17. The van der Waals surface area contributed by atoms with E-state index in [2.05, 4.69) is 87.8 Å². The largest absolute Gasteiger partial charge is 0.355 e. The molecular weight excluding hydrogens is 512 g/mol. The van der Waals surface area contributed by atoms with E-state index in [0.29, 0.717) is 0 Å². The van der Waals surface area contributed by atoms with Crippen LogP contribution < -0.4 is 10.6 Å². The van der Waals surface area contributed by atoms with Gasteiger partial charge in [-0.1, -0.05) is 42.5 Å². The zero-order valence-corrected chi connectivity index (χ0v) is 16.9. The summed E-state index contributed by atoms with van der Waals surface area (Å²) in [4.78, 5) is 4.97. The highest BCUT2D eigenvalue weighted by atomic mass is 127. The maximum absolute atomic E-state index is 4.97. The highest BCUT2D eigenvalue weighted by Gasteiger charge is 2.22. The summed E-state index contributed by atoms with van der Waals surface area (Å²) < 4.78 is 1.24. The topological polar surface area (TPSA) is 36.4 Å². The Hall–Kier alpha value is -1.09. The second-order valence-corrected chi connectivity index (χ2v) is 6.71. The average molecular weight is 529 g/mol. The molecule has 1 heterocycles. The first kappa shape index (κ1) is 16.8. The lowest BCUT2D eigenvalue weighted by atomic mass is 9.95. The van der Waals surface area contributed by atoms with Gasteiger partial charge in [0.05, 0.1) is 0 Å². The van der Waals surface area contributed by atoms with E-state index in [1.54, 1.807) is 0 Å². The Morgan fingerprint density at radius 2 is 1.61 bits per heavy atom. The first-order chi connectivity index (χ1) is 10.8. The zero-order valence-electron chi connectivity index (χ0n) is 12.4. The summed E-state index contributed by atoms with van der Waals surface area (Å²) in [6.45, 7) is 1.87. The van der Waals surface area contributed by atoms with Crippen LogP contribution in [0.1, 0.15) is 28.3 Å². The predicted octanol–water partition coefficient (Wildman–Crippen LogP) is 4.03. The van der Waals surface area contributed by atoms with Crippen LogP contribution in [0.5, 0.6) is 0 Å². The fraction of sp³-hybridized carbons (Fsp3) is 0.167. The fourth-order valence-corrected chi connectivity index (χ4v) is 3.49. The minimum Gasteiger partial charge on any atom is -0.355 e. The second-order valence-electron chi connectivity index (χ2n) is 5.47. The van der Waals surface area contributed by atoms with Crippen molar-refractivity contribution in [2.75, 3.05) is 13.1 Å². The molecule has 0 spiro atoms. The van der Waals surface area contributed by atoms with Crippen molar-refractivity contribution in [1.82, 2.24) is 10.6 Å². The third-order valence-electron chi connectivity index (χ3n) is 4.04. The summed E-state index contributed by atoms with van der Waals surface area (Å²) in [6.07, 6.45) is 4.39. The van der Waals surface area contributed by atoms with Crippen LogP contribution in [-0.4, -0.2) is 19.0 Å². The fourth-order valence-electron chi connectivity index (χ4n) is 2.98. The van der Waals surface area contributed by atoms with Gasteiger partial charge in [-0.25, -0.2) is 4.99 Å². The van der Waals surface area contributed by atoms with Crippen LogP contribution in [0.25, 0.3) is 12.2 Å². The summed E-state index contributed by atoms with van der Waals surface area (Å²) in [5.41, 5.74) is 4.99. The molecular formula is C18H17I2N3. The van der Waals surface area contributed by atoms with E-state index in [-0.39, 0.29) is 30.0 Å². The summed E-state index contributed by atoms with van der Waals surface area (Å²) in [5.74, 6) is 0.895. The molecule has 1 unspecified atom stereocenters. The second kappa shape index (κ2) is 7.21. The van der Waals surface area contributed by atoms with Crippen molar-refractivity contribution in [3.8, 4) is 0 Å². The Kier molecular flexibility index (Phi) is 5.25. The number of halogens is 2. The molecule has 0 aromatic heterocycles. The summed E-state index contributed by atoms with van der Waals surface area (Å²) in [5, 5.41) is 6.63. The molecule has 2 N–H and O–H groups in total. The van der Waals surface area contributed by atoms with Gasteiger partial charge in [0.25, 0.3) is 0 Å². The molecule has 1 aliphatic carbocycles. The maximum atomic E-state index is 4.97. The number of fused-ring (bicyclic) bond motifs is 2. The molecule has 118 valence electrons. The molecule has 23 heavy (non-hydrogen) atoms. The molecule has 0 radical (unpaired) electrons. The molecule has 2 aliphatic rings. The van der Waals surface area contributed by atoms with Crippen molar-refractivity contribution in [3.63, 3.8) is 0 Å². The summed E-state index contributed by atoms with van der Waals surface area (Å²) in [7, 11) is 0. The van der Waals surface area contributed by atoms with Crippen LogP contribution in [0.3, 0.4) is 0 Å². The normalized spacial score (nSPS) is 18.0. The molecule has 1 saturated heterocycles. The van der Waals surface area contributed by atoms with Gasteiger partial charge in [-0.2, -0.15) is 0 Å². The van der Waals surface area contributed by atoms with E-state index in [4.69, 9.17) is 4.99 Å². The van der Waals surface area contributed by atoms with Crippen LogP contribution in [0.15, 0.2) is 47.5 Å². The van der Waals surface area contributed by atoms with Gasteiger partial charge >= 0.3 is 0 Å². The van der Waals surface area contributed by atoms with Crippen LogP contribution in [-0.2, 0) is 0 Å². The lowest BCUT2D eigenvalue weighted by Crippen LogP contribution is -2.25. The van der Waals surface area contributed by atoms with Crippen molar-refractivity contribution < 1.29 is 0 Å². The smallest absolute Gasteiger partial charge is 0.192 e. The number of nitrogens with one attached hydrogen (secondary N) is 2. The predicted molar refractivity (Wildman–Crippen MR) is 115 cm³/mol. The number of guanidine groups is 1. The monoisotopic (exact) mass is 529 g/mol. The van der Waals surface area contributed by atoms with Crippen molar-refractivity contribution in [1.29, 1.82) is 0 Å². The minimum atomic E-state index is 0. The van der Waals surface area contributed by atoms with Crippen molar-refractivity contribution >= 4 is 64.7 Å². The molecule has 1 aliphatic heterocycles. The van der Waals surface area contributed by atoms with Gasteiger partial charge in [0, 0.05) is 16.7 Å². The molecule has 5 heteroatoms. The highest BCUT2D eigenvalue weighted by Crippen LogP contribution is 2.36. The van der Waals surface area contributed by atoms with Gasteiger partial charge in [0.1, 0.15) is 6.04 Å². The van der Waals surface area contributed by atoms with Crippen molar-refractivity contribution in [2.24, 2.45) is 4.99 Å². The van der Waals surface area contributed by atoms with Gasteiger partial charge in [0.15, 0.2) is 5.96 Å². The van der Waals surface area contributed by atoms with Gasteiger partial charge in [-0.05, 0) is 57.0 Å². The van der Waals surface area contributed by atoms with E-state index in [0.717, 1.165) is 19.0 Å². The number of benzene rings is 2. The van der Waals surface area contributed by atoms with Gasteiger partial charge in [-0.3, -0.25) is 0 Å². The van der Waals surface area contributed by atoms with E-state index >= 15 is 0 Å². The molecule has 1 fully saturated rings. The zero-order chi connectivity index (χ0) is 14.9. The number of aliphatic imine (C=N–C) groups is 1. The Morgan fingerprint density at radius 1 is 0.913 bits per heavy atom. The Bertz CT molecular complexity index is 776. The number of hydrogen-bond acceptors (Lipinski definition) is 1. The lowest BCUT2D eigenvalue weighted by molar-refractivity contribution is 0.851. The quantitative estimate of drug-likeness (QED) is 0.548. The highest BCUT2D eigenvalue weighted by molar-refractivity contribution is 14.1. The molecule has 0 amide bonds. The molecule has 0 bridgehead atoms. The minimum absolute atomic E-state index is 0. The Labute approximate surface area is 166 Å². The standard InChI is InChI=1S/C18H16IN3.HI/c19-14-8-7-13-6-5-12-3-1-2-4-15(12)17(16(13)11-14)22-18-20-9-10-21-18;/h1-8,11,17H,9-10H2,(H2,20,21,22);1H. The molecule has 1 atom stereocenters. The van der Waals surface area contributed by atoms with Crippen LogP contribution in [0, 0.1) is 3.57 Å². The van der Waals surface area contributed by atoms with Gasteiger partial charge in [0.2, 0.25) is 0 Å². The van der Waals surface area contributed by atoms with Crippen LogP contribution in [0.2, 0.25) is 0 Å². The molecule has 4 rings (SSSR count). The molecule has 2 aromatic rings. The van der Waals surface area contributed by atoms with Crippen LogP contribution >= 0.6 is 46.6 Å². The first-order valence-corrected chi connectivity index (χ1v) is 8.51. The number of rotatable bonds is 1. The van der Waals surface area contributed by atoms with Gasteiger partial charge < -0.3 is 10.6 Å². The SMILES string of the molecule is I.Ic1ccc2c(c1)C(N=C1NCCN1)c1ccccc1C=C2. The van der Waals surface area contributed by atoms with E-state index in [1.807, 2.05) is 0 Å². The van der Waals surface area contributed by atoms with E-state index in [9.17, 15) is 0 Å².